The van der Waals surface area contributed by atoms with Gasteiger partial charge in [0.1, 0.15) is 5.82 Å². The molecule has 8 nitrogen and oxygen atoms in total. The minimum absolute atomic E-state index is 0.0578. The number of alkyl halides is 3. The Balaban J connectivity index is 1.64. The van der Waals surface area contributed by atoms with Gasteiger partial charge in [-0.05, 0) is 12.1 Å². The highest BCUT2D eigenvalue weighted by Crippen LogP contribution is 2.30. The first-order valence-electron chi connectivity index (χ1n) is 9.48. The molecule has 0 bridgehead atoms. The van der Waals surface area contributed by atoms with Crippen LogP contribution in [0.2, 0.25) is 5.02 Å². The molecule has 1 saturated heterocycles. The third kappa shape index (κ3) is 4.86. The average molecular weight is 460 g/mol. The third-order valence-corrected chi connectivity index (χ3v) is 5.16. The van der Waals surface area contributed by atoms with Crippen molar-refractivity contribution in [2.24, 2.45) is 0 Å². The van der Waals surface area contributed by atoms with Crippen molar-refractivity contribution in [2.45, 2.75) is 12.7 Å². The van der Waals surface area contributed by atoms with Gasteiger partial charge in [0.05, 0.1) is 19.8 Å². The lowest BCUT2D eigenvalue weighted by Gasteiger charge is -2.26. The molecule has 0 aliphatic carbocycles. The number of aromatic nitrogens is 5. The van der Waals surface area contributed by atoms with Gasteiger partial charge in [-0.2, -0.15) is 13.2 Å². The van der Waals surface area contributed by atoms with Gasteiger partial charge in [0.2, 0.25) is 5.82 Å². The number of hydrogen-bond acceptors (Lipinski definition) is 7. The van der Waals surface area contributed by atoms with Crippen molar-refractivity contribution in [2.75, 3.05) is 44.7 Å². The Hall–Kier alpha value is -2.57. The quantitative estimate of drug-likeness (QED) is 0.568. The molecule has 0 atom stereocenters. The van der Waals surface area contributed by atoms with Crippen LogP contribution in [0.4, 0.5) is 23.4 Å². The summed E-state index contributed by atoms with van der Waals surface area (Å²) in [7, 11) is 0. The van der Waals surface area contributed by atoms with E-state index in [1.807, 2.05) is 0 Å². The molecular formula is C18H18ClF4N7O. The predicted octanol–water partition coefficient (Wildman–Crippen LogP) is 2.83. The Bertz CT molecular complexity index is 1050. The molecule has 1 fully saturated rings. The van der Waals surface area contributed by atoms with Gasteiger partial charge in [0, 0.05) is 36.8 Å². The second kappa shape index (κ2) is 8.89. The molecule has 4 rings (SSSR count). The van der Waals surface area contributed by atoms with Gasteiger partial charge in [-0.25, -0.2) is 19.0 Å². The summed E-state index contributed by atoms with van der Waals surface area (Å²) in [5.74, 6) is -2.03. The fraction of sp³-hybridized carbons (Fsp3) is 0.444. The molecule has 0 spiro atoms. The normalized spacial score (nSPS) is 15.5. The van der Waals surface area contributed by atoms with Crippen molar-refractivity contribution in [3.8, 4) is 0 Å². The summed E-state index contributed by atoms with van der Waals surface area (Å²) in [5.41, 5.74) is -0.0390. The molecule has 0 amide bonds. The summed E-state index contributed by atoms with van der Waals surface area (Å²) in [6, 6.07) is 4.12. The highest BCUT2D eigenvalue weighted by molar-refractivity contribution is 6.31. The van der Waals surface area contributed by atoms with Gasteiger partial charge in [-0.3, -0.25) is 4.90 Å². The topological polar surface area (TPSA) is 81.0 Å². The average Bonchev–Trinajstić information content (AvgIpc) is 3.14. The van der Waals surface area contributed by atoms with Crippen molar-refractivity contribution < 1.29 is 22.3 Å². The minimum Gasteiger partial charge on any atom is -0.379 e. The molecule has 1 aliphatic rings. The van der Waals surface area contributed by atoms with Gasteiger partial charge in [-0.15, -0.1) is 5.10 Å². The highest BCUT2D eigenvalue weighted by atomic mass is 35.5. The monoisotopic (exact) mass is 459 g/mol. The van der Waals surface area contributed by atoms with Crippen LogP contribution in [-0.4, -0.2) is 69.3 Å². The van der Waals surface area contributed by atoms with Crippen LogP contribution in [0.15, 0.2) is 18.2 Å². The molecular weight excluding hydrogens is 442 g/mol. The first-order chi connectivity index (χ1) is 14.8. The summed E-state index contributed by atoms with van der Waals surface area (Å²) < 4.78 is 60.7. The largest absolute Gasteiger partial charge is 0.451 e. The van der Waals surface area contributed by atoms with Crippen molar-refractivity contribution in [1.82, 2.24) is 29.9 Å². The lowest BCUT2D eigenvalue weighted by atomic mass is 10.2. The van der Waals surface area contributed by atoms with E-state index in [2.05, 4.69) is 30.5 Å². The standard InChI is InChI=1S/C18H18ClF4N7O/c19-12-2-1-3-13(20)11(12)10-30-16-14(27-28-30)15(25-17(26-16)18(21,22)23)24-4-5-29-6-8-31-9-7-29/h1-3H,4-10H2,(H,24,25,26). The van der Waals surface area contributed by atoms with E-state index < -0.39 is 17.8 Å². The fourth-order valence-corrected chi connectivity index (χ4v) is 3.43. The predicted molar refractivity (Wildman–Crippen MR) is 104 cm³/mol. The maximum Gasteiger partial charge on any atom is 0.451 e. The number of morpholine rings is 1. The van der Waals surface area contributed by atoms with Crippen LogP contribution in [0, 0.1) is 5.82 Å². The van der Waals surface area contributed by atoms with Crippen LogP contribution in [0.1, 0.15) is 11.4 Å². The molecule has 0 saturated carbocycles. The zero-order valence-corrected chi connectivity index (χ0v) is 16.9. The van der Waals surface area contributed by atoms with Crippen molar-refractivity contribution in [3.05, 3.63) is 40.4 Å². The number of halogens is 5. The first kappa shape index (κ1) is 21.7. The van der Waals surface area contributed by atoms with Crippen LogP contribution in [0.3, 0.4) is 0 Å². The van der Waals surface area contributed by atoms with Crippen molar-refractivity contribution in [1.29, 1.82) is 0 Å². The van der Waals surface area contributed by atoms with E-state index in [0.717, 1.165) is 17.8 Å². The van der Waals surface area contributed by atoms with Crippen molar-refractivity contribution in [3.63, 3.8) is 0 Å². The van der Waals surface area contributed by atoms with E-state index in [9.17, 15) is 17.6 Å². The summed E-state index contributed by atoms with van der Waals surface area (Å²) in [5, 5.41) is 10.8. The Kier molecular flexibility index (Phi) is 6.21. The van der Waals surface area contributed by atoms with Crippen LogP contribution in [0.25, 0.3) is 11.2 Å². The second-order valence-corrected chi connectivity index (χ2v) is 7.30. The highest BCUT2D eigenvalue weighted by Gasteiger charge is 2.36. The molecule has 0 unspecified atom stereocenters. The fourth-order valence-electron chi connectivity index (χ4n) is 3.20. The first-order valence-corrected chi connectivity index (χ1v) is 9.86. The van der Waals surface area contributed by atoms with Gasteiger partial charge in [0.25, 0.3) is 0 Å². The molecule has 2 aromatic heterocycles. The molecule has 31 heavy (non-hydrogen) atoms. The smallest absolute Gasteiger partial charge is 0.379 e. The molecule has 166 valence electrons. The number of ether oxygens (including phenoxy) is 1. The number of anilines is 1. The molecule has 1 N–H and O–H groups in total. The Morgan fingerprint density at radius 1 is 1.16 bits per heavy atom. The van der Waals surface area contributed by atoms with Crippen LogP contribution in [-0.2, 0) is 17.5 Å². The number of nitrogens with one attached hydrogen (secondary N) is 1. The van der Waals surface area contributed by atoms with Gasteiger partial charge >= 0.3 is 6.18 Å². The Labute approximate surface area is 179 Å². The van der Waals surface area contributed by atoms with E-state index in [1.165, 1.54) is 18.2 Å². The summed E-state index contributed by atoms with van der Waals surface area (Å²) in [6.45, 7) is 3.42. The summed E-state index contributed by atoms with van der Waals surface area (Å²) >= 11 is 6.03. The second-order valence-electron chi connectivity index (χ2n) is 6.89. The van der Waals surface area contributed by atoms with Crippen LogP contribution in [0.5, 0.6) is 0 Å². The van der Waals surface area contributed by atoms with Crippen LogP contribution < -0.4 is 5.32 Å². The van der Waals surface area contributed by atoms with E-state index in [1.54, 1.807) is 0 Å². The summed E-state index contributed by atoms with van der Waals surface area (Å²) in [4.78, 5) is 9.32. The van der Waals surface area contributed by atoms with Gasteiger partial charge in [-0.1, -0.05) is 22.9 Å². The lowest BCUT2D eigenvalue weighted by Crippen LogP contribution is -2.39. The minimum atomic E-state index is -4.78. The zero-order valence-electron chi connectivity index (χ0n) is 16.2. The van der Waals surface area contributed by atoms with Crippen LogP contribution >= 0.6 is 11.6 Å². The molecule has 3 heterocycles. The SMILES string of the molecule is Fc1cccc(Cl)c1Cn1nnc2c(NCCN3CCOCC3)nc(C(F)(F)F)nc21. The lowest BCUT2D eigenvalue weighted by molar-refractivity contribution is -0.144. The van der Waals surface area contributed by atoms with Gasteiger partial charge < -0.3 is 10.1 Å². The number of rotatable bonds is 6. The number of hydrogen-bond donors (Lipinski definition) is 1. The summed E-state index contributed by atoms with van der Waals surface area (Å²) in [6.07, 6.45) is -4.78. The number of fused-ring (bicyclic) bond motifs is 1. The van der Waals surface area contributed by atoms with Gasteiger partial charge in [0.15, 0.2) is 17.0 Å². The zero-order chi connectivity index (χ0) is 22.0. The Morgan fingerprint density at radius 2 is 1.94 bits per heavy atom. The number of benzene rings is 1. The molecule has 13 heteroatoms. The Morgan fingerprint density at radius 3 is 2.65 bits per heavy atom. The maximum atomic E-state index is 14.1. The molecule has 0 radical (unpaired) electrons. The molecule has 1 aliphatic heterocycles. The number of nitrogens with zero attached hydrogens (tertiary/aromatic N) is 6. The maximum absolute atomic E-state index is 14.1. The van der Waals surface area contributed by atoms with E-state index in [4.69, 9.17) is 16.3 Å². The third-order valence-electron chi connectivity index (χ3n) is 4.81. The molecule has 3 aromatic rings. The van der Waals surface area contributed by atoms with E-state index in [-0.39, 0.29) is 34.1 Å². The van der Waals surface area contributed by atoms with E-state index >= 15 is 0 Å². The van der Waals surface area contributed by atoms with Crippen molar-refractivity contribution >= 4 is 28.6 Å². The molecule has 1 aromatic carbocycles. The van der Waals surface area contributed by atoms with E-state index in [0.29, 0.717) is 26.3 Å².